The zero-order valence-electron chi connectivity index (χ0n) is 15.0. The zero-order valence-corrected chi connectivity index (χ0v) is 15.8. The molecule has 4 rings (SSSR count). The van der Waals surface area contributed by atoms with Crippen LogP contribution in [0.2, 0.25) is 0 Å². The Balaban J connectivity index is 1.40. The van der Waals surface area contributed by atoms with Gasteiger partial charge in [-0.2, -0.15) is 4.31 Å². The smallest absolute Gasteiger partial charge is 0.267 e. The second-order valence-electron chi connectivity index (χ2n) is 6.55. The van der Waals surface area contributed by atoms with Crippen LogP contribution in [0.1, 0.15) is 0 Å². The molecule has 0 N–H and O–H groups in total. The van der Waals surface area contributed by atoms with Gasteiger partial charge in [0.25, 0.3) is 5.91 Å². The van der Waals surface area contributed by atoms with Gasteiger partial charge in [-0.25, -0.2) is 12.8 Å². The summed E-state index contributed by atoms with van der Waals surface area (Å²) in [5, 5.41) is 0. The summed E-state index contributed by atoms with van der Waals surface area (Å²) in [4.78, 5) is 14.2. The number of hydrogen-bond acceptors (Lipinski definition) is 5. The fourth-order valence-electron chi connectivity index (χ4n) is 3.27. The van der Waals surface area contributed by atoms with Crippen molar-refractivity contribution in [2.75, 3.05) is 32.8 Å². The van der Waals surface area contributed by atoms with Gasteiger partial charge in [-0.3, -0.25) is 4.79 Å². The Morgan fingerprint density at radius 2 is 1.71 bits per heavy atom. The molecule has 2 aromatic carbocycles. The highest BCUT2D eigenvalue weighted by Gasteiger charge is 2.35. The maximum atomic E-state index is 13.4. The van der Waals surface area contributed by atoms with Gasteiger partial charge in [-0.1, -0.05) is 18.2 Å². The maximum absolute atomic E-state index is 13.4. The van der Waals surface area contributed by atoms with Crippen LogP contribution >= 0.6 is 0 Å². The summed E-state index contributed by atoms with van der Waals surface area (Å²) in [5.41, 5.74) is 0. The third kappa shape index (κ3) is 3.55. The number of benzene rings is 2. The van der Waals surface area contributed by atoms with Crippen molar-refractivity contribution in [3.05, 3.63) is 54.3 Å². The Morgan fingerprint density at radius 3 is 2.43 bits per heavy atom. The largest absolute Gasteiger partial charge is 0.485 e. The number of carbonyl (C=O) groups is 1. The van der Waals surface area contributed by atoms with Gasteiger partial charge in [0.15, 0.2) is 11.5 Å². The quantitative estimate of drug-likeness (QED) is 0.772. The summed E-state index contributed by atoms with van der Waals surface area (Å²) in [6.45, 7) is 0.838. The average molecular weight is 406 g/mol. The molecule has 0 spiro atoms. The molecule has 1 amide bonds. The minimum Gasteiger partial charge on any atom is -0.485 e. The van der Waals surface area contributed by atoms with Crippen molar-refractivity contribution in [1.29, 1.82) is 0 Å². The van der Waals surface area contributed by atoms with Gasteiger partial charge < -0.3 is 14.4 Å². The Labute approximate surface area is 162 Å². The van der Waals surface area contributed by atoms with E-state index < -0.39 is 21.9 Å². The first-order valence-electron chi connectivity index (χ1n) is 8.88. The summed E-state index contributed by atoms with van der Waals surface area (Å²) in [7, 11) is -3.80. The number of fused-ring (bicyclic) bond motifs is 1. The molecule has 1 atom stereocenters. The molecule has 1 fully saturated rings. The van der Waals surface area contributed by atoms with E-state index in [1.165, 1.54) is 22.5 Å². The maximum Gasteiger partial charge on any atom is 0.267 e. The lowest BCUT2D eigenvalue weighted by molar-refractivity contribution is -0.142. The van der Waals surface area contributed by atoms with Crippen LogP contribution in [0.25, 0.3) is 0 Å². The van der Waals surface area contributed by atoms with Crippen LogP contribution < -0.4 is 9.47 Å². The van der Waals surface area contributed by atoms with Crippen molar-refractivity contribution in [2.45, 2.75) is 11.0 Å². The molecule has 0 saturated carbocycles. The number of hydrogen-bond donors (Lipinski definition) is 0. The molecule has 7 nitrogen and oxygen atoms in total. The first-order valence-corrected chi connectivity index (χ1v) is 10.3. The number of piperazine rings is 1. The van der Waals surface area contributed by atoms with Crippen LogP contribution in [-0.4, -0.2) is 62.4 Å². The lowest BCUT2D eigenvalue weighted by Crippen LogP contribution is -2.55. The number of amides is 1. The average Bonchev–Trinajstić information content (AvgIpc) is 2.73. The molecule has 0 unspecified atom stereocenters. The Morgan fingerprint density at radius 1 is 1.00 bits per heavy atom. The summed E-state index contributed by atoms with van der Waals surface area (Å²) < 4.78 is 51.3. The molecule has 2 aliphatic heterocycles. The molecular weight excluding hydrogens is 387 g/mol. The molecule has 148 valence electrons. The van der Waals surface area contributed by atoms with E-state index >= 15 is 0 Å². The number of para-hydroxylation sites is 2. The minimum atomic E-state index is -3.80. The van der Waals surface area contributed by atoms with E-state index in [1.54, 1.807) is 23.1 Å². The van der Waals surface area contributed by atoms with Crippen LogP contribution in [0.5, 0.6) is 11.5 Å². The Kier molecular flexibility index (Phi) is 4.94. The van der Waals surface area contributed by atoms with E-state index in [0.29, 0.717) is 11.5 Å². The summed E-state index contributed by atoms with van der Waals surface area (Å²) in [5.74, 6) is 0.263. The lowest BCUT2D eigenvalue weighted by atomic mass is 10.2. The molecular formula is C19H19FN2O5S. The number of rotatable bonds is 3. The van der Waals surface area contributed by atoms with Gasteiger partial charge >= 0.3 is 0 Å². The van der Waals surface area contributed by atoms with E-state index in [0.717, 1.165) is 6.07 Å². The zero-order chi connectivity index (χ0) is 19.7. The van der Waals surface area contributed by atoms with Crippen molar-refractivity contribution < 1.29 is 27.1 Å². The second-order valence-corrected chi connectivity index (χ2v) is 8.49. The van der Waals surface area contributed by atoms with Gasteiger partial charge in [0.2, 0.25) is 16.1 Å². The van der Waals surface area contributed by atoms with E-state index in [1.807, 2.05) is 6.07 Å². The number of carbonyl (C=O) groups excluding carboxylic acids is 1. The first-order chi connectivity index (χ1) is 13.4. The molecule has 2 aromatic rings. The highest BCUT2D eigenvalue weighted by molar-refractivity contribution is 7.89. The molecule has 1 saturated heterocycles. The predicted molar refractivity (Wildman–Crippen MR) is 98.1 cm³/mol. The molecule has 0 radical (unpaired) electrons. The topological polar surface area (TPSA) is 76.2 Å². The summed E-state index contributed by atoms with van der Waals surface area (Å²) in [6, 6.07) is 12.0. The van der Waals surface area contributed by atoms with Gasteiger partial charge in [0.05, 0.1) is 4.90 Å². The van der Waals surface area contributed by atoms with Gasteiger partial charge in [-0.05, 0) is 30.3 Å². The van der Waals surface area contributed by atoms with Crippen LogP contribution in [-0.2, 0) is 14.8 Å². The van der Waals surface area contributed by atoms with Crippen molar-refractivity contribution >= 4 is 15.9 Å². The molecule has 0 bridgehead atoms. The molecule has 0 aliphatic carbocycles. The Bertz CT molecular complexity index is 989. The SMILES string of the molecule is O=C([C@@H]1COc2ccccc2O1)N1CCN(S(=O)(=O)c2cccc(F)c2)CC1. The number of nitrogens with zero attached hydrogens (tertiary/aromatic N) is 2. The highest BCUT2D eigenvalue weighted by atomic mass is 32.2. The molecule has 2 heterocycles. The Hall–Kier alpha value is -2.65. The first kappa shape index (κ1) is 18.7. The van der Waals surface area contributed by atoms with Crippen LogP contribution in [0.4, 0.5) is 4.39 Å². The predicted octanol–water partition coefficient (Wildman–Crippen LogP) is 1.50. The third-order valence-electron chi connectivity index (χ3n) is 4.77. The number of halogens is 1. The van der Waals surface area contributed by atoms with Crippen molar-refractivity contribution in [1.82, 2.24) is 9.21 Å². The fourth-order valence-corrected chi connectivity index (χ4v) is 4.72. The summed E-state index contributed by atoms with van der Waals surface area (Å²) in [6.07, 6.45) is -0.763. The van der Waals surface area contributed by atoms with Crippen LogP contribution in [0.15, 0.2) is 53.4 Å². The molecule has 9 heteroatoms. The fraction of sp³-hybridized carbons (Fsp3) is 0.316. The molecule has 28 heavy (non-hydrogen) atoms. The van der Waals surface area contributed by atoms with Gasteiger partial charge in [0.1, 0.15) is 12.4 Å². The van der Waals surface area contributed by atoms with Gasteiger partial charge in [-0.15, -0.1) is 0 Å². The summed E-state index contributed by atoms with van der Waals surface area (Å²) >= 11 is 0. The normalized spacial score (nSPS) is 20.0. The van der Waals surface area contributed by atoms with Crippen molar-refractivity contribution in [2.24, 2.45) is 0 Å². The van der Waals surface area contributed by atoms with Crippen LogP contribution in [0.3, 0.4) is 0 Å². The van der Waals surface area contributed by atoms with Crippen LogP contribution in [0, 0.1) is 5.82 Å². The second kappa shape index (κ2) is 7.40. The lowest BCUT2D eigenvalue weighted by Gasteiger charge is -2.36. The van der Waals surface area contributed by atoms with E-state index in [2.05, 4.69) is 0 Å². The van der Waals surface area contributed by atoms with E-state index in [-0.39, 0.29) is 43.6 Å². The van der Waals surface area contributed by atoms with E-state index in [4.69, 9.17) is 9.47 Å². The minimum absolute atomic E-state index is 0.0899. The molecule has 0 aromatic heterocycles. The standard InChI is InChI=1S/C19H19FN2O5S/c20-14-4-3-5-15(12-14)28(24,25)22-10-8-21(9-11-22)19(23)18-13-26-16-6-1-2-7-17(16)27-18/h1-7,12,18H,8-11,13H2/t18-/m0/s1. The monoisotopic (exact) mass is 406 g/mol. The van der Waals surface area contributed by atoms with Gasteiger partial charge in [0, 0.05) is 26.2 Å². The third-order valence-corrected chi connectivity index (χ3v) is 6.66. The number of ether oxygens (including phenoxy) is 2. The highest BCUT2D eigenvalue weighted by Crippen LogP contribution is 2.31. The van der Waals surface area contributed by atoms with E-state index in [9.17, 15) is 17.6 Å². The molecule has 2 aliphatic rings. The van der Waals surface area contributed by atoms with Crippen molar-refractivity contribution in [3.63, 3.8) is 0 Å². The number of sulfonamides is 1. The van der Waals surface area contributed by atoms with Crippen molar-refractivity contribution in [3.8, 4) is 11.5 Å².